The highest BCUT2D eigenvalue weighted by molar-refractivity contribution is 5.85. The van der Waals surface area contributed by atoms with E-state index in [0.717, 1.165) is 11.3 Å². The number of likely N-dealkylation sites (N-methyl/N-ethyl adjacent to an activating group) is 1. The molecule has 1 aliphatic heterocycles. The van der Waals surface area contributed by atoms with Gasteiger partial charge in [0, 0.05) is 52.9 Å². The van der Waals surface area contributed by atoms with Crippen LogP contribution in [0.5, 0.6) is 0 Å². The number of nitrogens with zero attached hydrogens (tertiary/aromatic N) is 3. The Bertz CT molecular complexity index is 649. The molecule has 3 amide bonds. The van der Waals surface area contributed by atoms with Crippen LogP contribution in [0.1, 0.15) is 19.4 Å². The van der Waals surface area contributed by atoms with E-state index < -0.39 is 0 Å². The summed E-state index contributed by atoms with van der Waals surface area (Å²) in [6.45, 7) is 5.69. The molecule has 1 aromatic carbocycles. The van der Waals surface area contributed by atoms with Crippen LogP contribution in [-0.2, 0) is 20.8 Å². The SMILES string of the molecule is CC(=O)N1CCN(C(=O)C(C)Nc2ccc(CC(=O)N(C)C)cc2)CC1. The zero-order valence-electron chi connectivity index (χ0n) is 16.0. The summed E-state index contributed by atoms with van der Waals surface area (Å²) in [5, 5.41) is 3.21. The normalized spacial score (nSPS) is 15.4. The Balaban J connectivity index is 1.87. The molecule has 1 saturated heterocycles. The summed E-state index contributed by atoms with van der Waals surface area (Å²) in [4.78, 5) is 40.8. The molecule has 0 spiro atoms. The highest BCUT2D eigenvalue weighted by atomic mass is 16.2. The molecule has 1 fully saturated rings. The lowest BCUT2D eigenvalue weighted by molar-refractivity contribution is -0.138. The molecule has 1 unspecified atom stereocenters. The van der Waals surface area contributed by atoms with Gasteiger partial charge in [0.15, 0.2) is 0 Å². The Morgan fingerprint density at radius 2 is 1.58 bits per heavy atom. The Kier molecular flexibility index (Phi) is 6.60. The molecule has 1 aliphatic rings. The third-order valence-electron chi connectivity index (χ3n) is 4.60. The quantitative estimate of drug-likeness (QED) is 0.843. The summed E-state index contributed by atoms with van der Waals surface area (Å²) < 4.78 is 0. The Morgan fingerprint density at radius 1 is 1.04 bits per heavy atom. The lowest BCUT2D eigenvalue weighted by Gasteiger charge is -2.35. The van der Waals surface area contributed by atoms with Gasteiger partial charge in [-0.15, -0.1) is 0 Å². The van der Waals surface area contributed by atoms with Gasteiger partial charge in [0.25, 0.3) is 0 Å². The van der Waals surface area contributed by atoms with Crippen LogP contribution < -0.4 is 5.32 Å². The largest absolute Gasteiger partial charge is 0.374 e. The minimum Gasteiger partial charge on any atom is -0.374 e. The van der Waals surface area contributed by atoms with Crippen LogP contribution in [0.2, 0.25) is 0 Å². The van der Waals surface area contributed by atoms with Gasteiger partial charge in [0.2, 0.25) is 17.7 Å². The topological polar surface area (TPSA) is 73.0 Å². The van der Waals surface area contributed by atoms with Crippen molar-refractivity contribution in [1.82, 2.24) is 14.7 Å². The van der Waals surface area contributed by atoms with Crippen molar-refractivity contribution in [3.63, 3.8) is 0 Å². The molecule has 1 aromatic rings. The average molecular weight is 360 g/mol. The zero-order chi connectivity index (χ0) is 19.3. The minimum atomic E-state index is -0.354. The summed E-state index contributed by atoms with van der Waals surface area (Å²) in [6.07, 6.45) is 0.363. The van der Waals surface area contributed by atoms with Gasteiger partial charge < -0.3 is 20.0 Å². The van der Waals surface area contributed by atoms with Crippen molar-refractivity contribution >= 4 is 23.4 Å². The third-order valence-corrected chi connectivity index (χ3v) is 4.60. The first-order valence-corrected chi connectivity index (χ1v) is 8.88. The van der Waals surface area contributed by atoms with Crippen molar-refractivity contribution < 1.29 is 14.4 Å². The van der Waals surface area contributed by atoms with Crippen LogP contribution in [0.15, 0.2) is 24.3 Å². The van der Waals surface area contributed by atoms with Crippen LogP contribution in [0.25, 0.3) is 0 Å². The van der Waals surface area contributed by atoms with Gasteiger partial charge in [-0.25, -0.2) is 0 Å². The molecule has 0 aromatic heterocycles. The van der Waals surface area contributed by atoms with Gasteiger partial charge >= 0.3 is 0 Å². The van der Waals surface area contributed by atoms with Crippen molar-refractivity contribution in [2.24, 2.45) is 0 Å². The summed E-state index contributed by atoms with van der Waals surface area (Å²) >= 11 is 0. The fourth-order valence-corrected chi connectivity index (χ4v) is 2.88. The molecule has 26 heavy (non-hydrogen) atoms. The van der Waals surface area contributed by atoms with E-state index in [2.05, 4.69) is 5.32 Å². The highest BCUT2D eigenvalue weighted by Gasteiger charge is 2.25. The van der Waals surface area contributed by atoms with Gasteiger partial charge in [-0.3, -0.25) is 14.4 Å². The predicted molar refractivity (Wildman–Crippen MR) is 101 cm³/mol. The number of hydrogen-bond acceptors (Lipinski definition) is 4. The van der Waals surface area contributed by atoms with Crippen molar-refractivity contribution in [2.45, 2.75) is 26.3 Å². The number of amides is 3. The number of anilines is 1. The standard InChI is InChI=1S/C19H28N4O3/c1-14(19(26)23-11-9-22(10-12-23)15(2)24)20-17-7-5-16(6-8-17)13-18(25)21(3)4/h5-8,14,20H,9-13H2,1-4H3. The number of nitrogens with one attached hydrogen (secondary N) is 1. The van der Waals surface area contributed by atoms with Crippen LogP contribution in [-0.4, -0.2) is 78.7 Å². The number of carbonyl (C=O) groups excluding carboxylic acids is 3. The minimum absolute atomic E-state index is 0.0278. The van der Waals surface area contributed by atoms with Crippen LogP contribution in [0, 0.1) is 0 Å². The summed E-state index contributed by atoms with van der Waals surface area (Å²) in [7, 11) is 3.48. The van der Waals surface area contributed by atoms with E-state index in [-0.39, 0.29) is 23.8 Å². The van der Waals surface area contributed by atoms with Gasteiger partial charge in [0.1, 0.15) is 6.04 Å². The molecular weight excluding hydrogens is 332 g/mol. The first-order valence-electron chi connectivity index (χ1n) is 8.88. The van der Waals surface area contributed by atoms with Crippen LogP contribution in [0.3, 0.4) is 0 Å². The summed E-state index contributed by atoms with van der Waals surface area (Å²) in [5.74, 6) is 0.134. The van der Waals surface area contributed by atoms with Crippen molar-refractivity contribution in [1.29, 1.82) is 0 Å². The van der Waals surface area contributed by atoms with E-state index in [4.69, 9.17) is 0 Å². The van der Waals surface area contributed by atoms with E-state index in [0.29, 0.717) is 32.6 Å². The van der Waals surface area contributed by atoms with Gasteiger partial charge in [0.05, 0.1) is 6.42 Å². The molecular formula is C19H28N4O3. The smallest absolute Gasteiger partial charge is 0.244 e. The monoisotopic (exact) mass is 360 g/mol. The fourth-order valence-electron chi connectivity index (χ4n) is 2.88. The Labute approximate surface area is 154 Å². The van der Waals surface area contributed by atoms with Crippen molar-refractivity contribution in [2.75, 3.05) is 45.6 Å². The van der Waals surface area contributed by atoms with E-state index in [1.165, 1.54) is 0 Å². The van der Waals surface area contributed by atoms with Gasteiger partial charge in [-0.05, 0) is 24.6 Å². The number of rotatable bonds is 5. The Hall–Kier alpha value is -2.57. The maximum absolute atomic E-state index is 12.6. The molecule has 1 heterocycles. The first kappa shape index (κ1) is 19.8. The molecule has 142 valence electrons. The third kappa shape index (κ3) is 5.21. The Morgan fingerprint density at radius 3 is 2.08 bits per heavy atom. The van der Waals surface area contributed by atoms with Crippen molar-refractivity contribution in [3.8, 4) is 0 Å². The average Bonchev–Trinajstić information content (AvgIpc) is 2.62. The molecule has 1 N–H and O–H groups in total. The maximum atomic E-state index is 12.6. The predicted octanol–water partition coefficient (Wildman–Crippen LogP) is 0.808. The van der Waals surface area contributed by atoms with Crippen molar-refractivity contribution in [3.05, 3.63) is 29.8 Å². The second-order valence-corrected chi connectivity index (χ2v) is 6.86. The molecule has 2 rings (SSSR count). The highest BCUT2D eigenvalue weighted by Crippen LogP contribution is 2.13. The maximum Gasteiger partial charge on any atom is 0.244 e. The number of piperazine rings is 1. The number of benzene rings is 1. The second kappa shape index (κ2) is 8.69. The van der Waals surface area contributed by atoms with Crippen LogP contribution in [0.4, 0.5) is 5.69 Å². The fraction of sp³-hybridized carbons (Fsp3) is 0.526. The molecule has 1 atom stereocenters. The molecule has 0 saturated carbocycles. The van der Waals surface area contributed by atoms with E-state index in [9.17, 15) is 14.4 Å². The van der Waals surface area contributed by atoms with E-state index in [1.807, 2.05) is 31.2 Å². The first-order chi connectivity index (χ1) is 12.3. The summed E-state index contributed by atoms with van der Waals surface area (Å²) in [5.41, 5.74) is 1.78. The molecule has 7 nitrogen and oxygen atoms in total. The number of hydrogen-bond donors (Lipinski definition) is 1. The molecule has 7 heteroatoms. The second-order valence-electron chi connectivity index (χ2n) is 6.86. The van der Waals surface area contributed by atoms with Gasteiger partial charge in [-0.1, -0.05) is 12.1 Å². The lowest BCUT2D eigenvalue weighted by Crippen LogP contribution is -2.53. The summed E-state index contributed by atoms with van der Waals surface area (Å²) in [6, 6.07) is 7.21. The number of carbonyl (C=O) groups is 3. The van der Waals surface area contributed by atoms with Crippen LogP contribution >= 0.6 is 0 Å². The molecule has 0 aliphatic carbocycles. The lowest BCUT2D eigenvalue weighted by atomic mass is 10.1. The van der Waals surface area contributed by atoms with Gasteiger partial charge in [-0.2, -0.15) is 0 Å². The van der Waals surface area contributed by atoms with E-state index >= 15 is 0 Å². The molecule has 0 radical (unpaired) electrons. The molecule has 0 bridgehead atoms. The zero-order valence-corrected chi connectivity index (χ0v) is 16.0. The van der Waals surface area contributed by atoms with E-state index in [1.54, 1.807) is 35.7 Å².